The second-order valence-electron chi connectivity index (χ2n) is 8.85. The minimum atomic E-state index is -0.692. The standard InChI is InChI=1S/C30H21Cl2N3O5S/c31-19-11-12-23(32)25(14-19)35-27(36)17-26(30(35)39)41-22-10-4-8-20(15-22)33-29(38)24(16-21-9-5-13-40-21)34-28(37)18-6-2-1-3-7-18/h1-16,26H,17H2,(H,33,38)(H,34,37). The van der Waals surface area contributed by atoms with Crippen LogP contribution in [-0.4, -0.2) is 28.9 Å². The van der Waals surface area contributed by atoms with Crippen molar-refractivity contribution in [2.24, 2.45) is 0 Å². The number of anilines is 2. The third-order valence-electron chi connectivity index (χ3n) is 5.98. The fourth-order valence-electron chi connectivity index (χ4n) is 4.07. The largest absolute Gasteiger partial charge is 0.465 e. The highest BCUT2D eigenvalue weighted by Crippen LogP contribution is 2.38. The highest BCUT2D eigenvalue weighted by molar-refractivity contribution is 8.00. The maximum atomic E-state index is 13.2. The van der Waals surface area contributed by atoms with Gasteiger partial charge in [-0.05, 0) is 60.7 Å². The topological polar surface area (TPSA) is 109 Å². The Labute approximate surface area is 249 Å². The van der Waals surface area contributed by atoms with Gasteiger partial charge in [0.2, 0.25) is 11.8 Å². The molecule has 2 heterocycles. The van der Waals surface area contributed by atoms with E-state index in [1.54, 1.807) is 72.8 Å². The number of amides is 4. The molecule has 0 radical (unpaired) electrons. The molecule has 41 heavy (non-hydrogen) atoms. The molecule has 1 aliphatic rings. The van der Waals surface area contributed by atoms with Gasteiger partial charge in [-0.3, -0.25) is 19.2 Å². The van der Waals surface area contributed by atoms with Crippen molar-refractivity contribution in [1.29, 1.82) is 0 Å². The van der Waals surface area contributed by atoms with E-state index in [-0.39, 0.29) is 28.7 Å². The van der Waals surface area contributed by atoms with Gasteiger partial charge in [-0.15, -0.1) is 11.8 Å². The lowest BCUT2D eigenvalue weighted by atomic mass is 10.2. The zero-order valence-electron chi connectivity index (χ0n) is 21.2. The number of nitrogens with zero attached hydrogens (tertiary/aromatic N) is 1. The molecule has 5 rings (SSSR count). The zero-order chi connectivity index (χ0) is 28.9. The molecule has 0 aliphatic carbocycles. The SMILES string of the molecule is O=C(Nc1cccc(SC2CC(=O)N(c3cc(Cl)ccc3Cl)C2=O)c1)C(=Cc1ccco1)NC(=O)c1ccccc1. The number of hydrogen-bond acceptors (Lipinski definition) is 6. The van der Waals surface area contributed by atoms with Crippen LogP contribution in [-0.2, 0) is 14.4 Å². The molecule has 1 atom stereocenters. The fraction of sp³-hybridized carbons (Fsp3) is 0.0667. The minimum Gasteiger partial charge on any atom is -0.465 e. The predicted octanol–water partition coefficient (Wildman–Crippen LogP) is 6.42. The van der Waals surface area contributed by atoms with E-state index in [2.05, 4.69) is 10.6 Å². The fourth-order valence-corrected chi connectivity index (χ4v) is 5.56. The number of hydrogen-bond donors (Lipinski definition) is 2. The van der Waals surface area contributed by atoms with Gasteiger partial charge in [0.05, 0.1) is 22.2 Å². The summed E-state index contributed by atoms with van der Waals surface area (Å²) in [6.45, 7) is 0. The Bertz CT molecular complexity index is 1660. The monoisotopic (exact) mass is 605 g/mol. The minimum absolute atomic E-state index is 0.0233. The first kappa shape index (κ1) is 28.2. The molecule has 206 valence electrons. The number of furan rings is 1. The number of carbonyl (C=O) groups is 4. The van der Waals surface area contributed by atoms with Crippen LogP contribution in [0.2, 0.25) is 10.0 Å². The van der Waals surface area contributed by atoms with Crippen molar-refractivity contribution >= 4 is 76.0 Å². The first-order valence-electron chi connectivity index (χ1n) is 12.3. The summed E-state index contributed by atoms with van der Waals surface area (Å²) < 4.78 is 5.33. The maximum absolute atomic E-state index is 13.2. The maximum Gasteiger partial charge on any atom is 0.272 e. The van der Waals surface area contributed by atoms with E-state index in [0.29, 0.717) is 26.9 Å². The lowest BCUT2D eigenvalue weighted by Gasteiger charge is -2.17. The third kappa shape index (κ3) is 6.71. The van der Waals surface area contributed by atoms with E-state index >= 15 is 0 Å². The molecule has 4 aromatic rings. The van der Waals surface area contributed by atoms with Gasteiger partial charge in [0.1, 0.15) is 11.5 Å². The van der Waals surface area contributed by atoms with Gasteiger partial charge in [0, 0.05) is 33.7 Å². The van der Waals surface area contributed by atoms with Crippen molar-refractivity contribution in [3.05, 3.63) is 118 Å². The number of nitrogens with one attached hydrogen (secondary N) is 2. The highest BCUT2D eigenvalue weighted by atomic mass is 35.5. The molecule has 0 bridgehead atoms. The Morgan fingerprint density at radius 2 is 1.76 bits per heavy atom. The molecule has 1 fully saturated rings. The summed E-state index contributed by atoms with van der Waals surface area (Å²) in [5.41, 5.74) is 1.02. The molecule has 3 aromatic carbocycles. The summed E-state index contributed by atoms with van der Waals surface area (Å²) in [4.78, 5) is 53.6. The van der Waals surface area contributed by atoms with Gasteiger partial charge in [-0.2, -0.15) is 0 Å². The Morgan fingerprint density at radius 3 is 2.51 bits per heavy atom. The Hall–Kier alpha value is -4.31. The Morgan fingerprint density at radius 1 is 0.951 bits per heavy atom. The molecule has 1 aliphatic heterocycles. The molecule has 1 unspecified atom stereocenters. The number of thioether (sulfide) groups is 1. The molecular weight excluding hydrogens is 585 g/mol. The van der Waals surface area contributed by atoms with E-state index in [1.807, 2.05) is 0 Å². The number of halogens is 2. The van der Waals surface area contributed by atoms with E-state index in [4.69, 9.17) is 27.6 Å². The van der Waals surface area contributed by atoms with Crippen molar-refractivity contribution in [2.45, 2.75) is 16.6 Å². The van der Waals surface area contributed by atoms with Gasteiger partial charge in [-0.1, -0.05) is 47.5 Å². The van der Waals surface area contributed by atoms with E-state index in [9.17, 15) is 19.2 Å². The van der Waals surface area contributed by atoms with Crippen LogP contribution in [0.5, 0.6) is 0 Å². The molecule has 11 heteroatoms. The molecule has 8 nitrogen and oxygen atoms in total. The van der Waals surface area contributed by atoms with Gasteiger partial charge in [-0.25, -0.2) is 4.90 Å². The summed E-state index contributed by atoms with van der Waals surface area (Å²) in [6.07, 6.45) is 2.86. The lowest BCUT2D eigenvalue weighted by Crippen LogP contribution is -2.31. The second-order valence-corrected chi connectivity index (χ2v) is 11.0. The molecule has 4 amide bonds. The quantitative estimate of drug-likeness (QED) is 0.177. The van der Waals surface area contributed by atoms with Crippen LogP contribution < -0.4 is 15.5 Å². The summed E-state index contributed by atoms with van der Waals surface area (Å²) in [5.74, 6) is -1.46. The van der Waals surface area contributed by atoms with E-state index in [1.165, 1.54) is 36.2 Å². The summed E-state index contributed by atoms with van der Waals surface area (Å²) in [6, 6.07) is 23.2. The third-order valence-corrected chi connectivity index (χ3v) is 7.72. The van der Waals surface area contributed by atoms with Gasteiger partial charge < -0.3 is 15.1 Å². The normalized spacial score (nSPS) is 15.2. The first-order valence-corrected chi connectivity index (χ1v) is 13.9. The molecule has 1 saturated heterocycles. The zero-order valence-corrected chi connectivity index (χ0v) is 23.5. The second kappa shape index (κ2) is 12.5. The van der Waals surface area contributed by atoms with Crippen LogP contribution in [0.3, 0.4) is 0 Å². The van der Waals surface area contributed by atoms with E-state index < -0.39 is 23.0 Å². The highest BCUT2D eigenvalue weighted by Gasteiger charge is 2.41. The Balaban J connectivity index is 1.31. The number of benzene rings is 3. The number of rotatable bonds is 8. The summed E-state index contributed by atoms with van der Waals surface area (Å²) >= 11 is 13.5. The molecular formula is C30H21Cl2N3O5S. The molecule has 2 N–H and O–H groups in total. The van der Waals surface area contributed by atoms with Crippen LogP contribution >= 0.6 is 35.0 Å². The average Bonchev–Trinajstić information content (AvgIpc) is 3.57. The van der Waals surface area contributed by atoms with Crippen LogP contribution in [0, 0.1) is 0 Å². The van der Waals surface area contributed by atoms with Crippen molar-refractivity contribution in [3.8, 4) is 0 Å². The van der Waals surface area contributed by atoms with Crippen molar-refractivity contribution in [1.82, 2.24) is 5.32 Å². The van der Waals surface area contributed by atoms with Gasteiger partial charge in [0.15, 0.2) is 0 Å². The van der Waals surface area contributed by atoms with E-state index in [0.717, 1.165) is 4.90 Å². The van der Waals surface area contributed by atoms with Crippen LogP contribution in [0.4, 0.5) is 11.4 Å². The Kier molecular flexibility index (Phi) is 8.58. The van der Waals surface area contributed by atoms with Crippen molar-refractivity contribution in [2.75, 3.05) is 10.2 Å². The van der Waals surface area contributed by atoms with Crippen molar-refractivity contribution in [3.63, 3.8) is 0 Å². The van der Waals surface area contributed by atoms with Crippen LogP contribution in [0.25, 0.3) is 6.08 Å². The molecule has 0 spiro atoms. The summed E-state index contributed by atoms with van der Waals surface area (Å²) in [5, 5.41) is 5.32. The first-order chi connectivity index (χ1) is 19.8. The van der Waals surface area contributed by atoms with Gasteiger partial charge >= 0.3 is 0 Å². The average molecular weight is 606 g/mol. The van der Waals surface area contributed by atoms with Gasteiger partial charge in [0.25, 0.3) is 11.8 Å². The van der Waals surface area contributed by atoms with Crippen molar-refractivity contribution < 1.29 is 23.6 Å². The van der Waals surface area contributed by atoms with Crippen LogP contribution in [0.1, 0.15) is 22.5 Å². The smallest absolute Gasteiger partial charge is 0.272 e. The number of imide groups is 1. The lowest BCUT2D eigenvalue weighted by molar-refractivity contribution is -0.121. The number of carbonyl (C=O) groups excluding carboxylic acids is 4. The summed E-state index contributed by atoms with van der Waals surface area (Å²) in [7, 11) is 0. The molecule has 0 saturated carbocycles. The molecule has 1 aromatic heterocycles. The predicted molar refractivity (Wildman–Crippen MR) is 159 cm³/mol. The van der Waals surface area contributed by atoms with Crippen LogP contribution in [0.15, 0.2) is 106 Å².